The molecule has 0 aliphatic rings. The number of carbonyl (C=O) groups is 1. The standard InChI is InChI=1S/C22H16N4OS3/c27-20(19-10-17-21(30-19)25-22-26(17)7-9-29-22)24-12-15(18-6-3-8-28-18)14-11-23-16-5-2-1-4-13(14)16/h1-11,15,23H,12H2,(H,24,27). The molecular weight excluding hydrogens is 432 g/mol. The third kappa shape index (κ3) is 2.87. The van der Waals surface area contributed by atoms with Gasteiger partial charge in [0.1, 0.15) is 4.83 Å². The van der Waals surface area contributed by atoms with Crippen molar-refractivity contribution >= 4 is 66.1 Å². The van der Waals surface area contributed by atoms with E-state index in [-0.39, 0.29) is 11.8 Å². The molecular formula is C22H16N4OS3. The van der Waals surface area contributed by atoms with E-state index in [0.29, 0.717) is 11.4 Å². The first-order valence-electron chi connectivity index (χ1n) is 9.50. The lowest BCUT2D eigenvalue weighted by atomic mass is 9.96. The van der Waals surface area contributed by atoms with E-state index < -0.39 is 0 Å². The summed E-state index contributed by atoms with van der Waals surface area (Å²) < 4.78 is 2.04. The van der Waals surface area contributed by atoms with Crippen LogP contribution in [-0.4, -0.2) is 26.8 Å². The van der Waals surface area contributed by atoms with Crippen molar-refractivity contribution in [3.63, 3.8) is 0 Å². The van der Waals surface area contributed by atoms with E-state index in [2.05, 4.69) is 57.2 Å². The van der Waals surface area contributed by atoms with Crippen LogP contribution in [0.4, 0.5) is 0 Å². The molecule has 1 unspecified atom stereocenters. The number of thiazole rings is 1. The van der Waals surface area contributed by atoms with E-state index in [0.717, 1.165) is 20.8 Å². The number of aromatic amines is 1. The van der Waals surface area contributed by atoms with Crippen LogP contribution < -0.4 is 5.32 Å². The minimum absolute atomic E-state index is 0.0524. The van der Waals surface area contributed by atoms with Crippen LogP contribution in [0, 0.1) is 0 Å². The van der Waals surface area contributed by atoms with Crippen molar-refractivity contribution in [1.29, 1.82) is 0 Å². The molecule has 1 aromatic carbocycles. The van der Waals surface area contributed by atoms with Crippen molar-refractivity contribution in [1.82, 2.24) is 19.7 Å². The Hall–Kier alpha value is -2.94. The minimum Gasteiger partial charge on any atom is -0.361 e. The number of H-pyrrole nitrogens is 1. The third-order valence-electron chi connectivity index (χ3n) is 5.31. The molecule has 6 rings (SSSR count). The Bertz CT molecular complexity index is 1480. The maximum atomic E-state index is 13.0. The number of para-hydroxylation sites is 1. The molecule has 0 fully saturated rings. The maximum Gasteiger partial charge on any atom is 0.261 e. The zero-order valence-electron chi connectivity index (χ0n) is 15.7. The van der Waals surface area contributed by atoms with Gasteiger partial charge in [0, 0.05) is 46.0 Å². The predicted octanol–water partition coefficient (Wildman–Crippen LogP) is 5.72. The van der Waals surface area contributed by atoms with Crippen LogP contribution in [0.3, 0.4) is 0 Å². The van der Waals surface area contributed by atoms with Crippen molar-refractivity contribution in [2.24, 2.45) is 0 Å². The summed E-state index contributed by atoms with van der Waals surface area (Å²) in [6.45, 7) is 0.539. The summed E-state index contributed by atoms with van der Waals surface area (Å²) in [7, 11) is 0. The summed E-state index contributed by atoms with van der Waals surface area (Å²) >= 11 is 4.76. The van der Waals surface area contributed by atoms with E-state index in [4.69, 9.17) is 0 Å². The number of benzene rings is 1. The summed E-state index contributed by atoms with van der Waals surface area (Å²) in [6, 6.07) is 14.4. The Morgan fingerprint density at radius 1 is 1.17 bits per heavy atom. The van der Waals surface area contributed by atoms with Gasteiger partial charge in [-0.3, -0.25) is 9.20 Å². The van der Waals surface area contributed by atoms with Gasteiger partial charge in [-0.25, -0.2) is 4.98 Å². The van der Waals surface area contributed by atoms with Crippen LogP contribution in [-0.2, 0) is 0 Å². The van der Waals surface area contributed by atoms with Gasteiger partial charge in [0.15, 0.2) is 4.96 Å². The van der Waals surface area contributed by atoms with Crippen molar-refractivity contribution in [2.75, 3.05) is 6.54 Å². The summed E-state index contributed by atoms with van der Waals surface area (Å²) in [5.41, 5.74) is 3.31. The zero-order valence-corrected chi connectivity index (χ0v) is 18.1. The lowest BCUT2D eigenvalue weighted by Gasteiger charge is -2.16. The fourth-order valence-electron chi connectivity index (χ4n) is 3.88. The van der Waals surface area contributed by atoms with Gasteiger partial charge in [0.25, 0.3) is 5.91 Å². The number of rotatable bonds is 5. The molecule has 6 aromatic rings. The number of hydrogen-bond acceptors (Lipinski definition) is 5. The zero-order chi connectivity index (χ0) is 20.1. The fourth-order valence-corrected chi connectivity index (χ4v) is 6.44. The number of nitrogens with one attached hydrogen (secondary N) is 2. The Kier molecular flexibility index (Phi) is 4.22. The number of nitrogens with zero attached hydrogens (tertiary/aromatic N) is 2. The summed E-state index contributed by atoms with van der Waals surface area (Å²) in [4.78, 5) is 24.7. The number of imidazole rings is 1. The smallest absolute Gasteiger partial charge is 0.261 e. The van der Waals surface area contributed by atoms with Gasteiger partial charge in [-0.15, -0.1) is 34.0 Å². The average Bonchev–Trinajstić information content (AvgIpc) is 3.54. The van der Waals surface area contributed by atoms with Crippen molar-refractivity contribution in [3.05, 3.63) is 80.9 Å². The van der Waals surface area contributed by atoms with Gasteiger partial charge < -0.3 is 10.3 Å². The van der Waals surface area contributed by atoms with Crippen LogP contribution in [0.25, 0.3) is 26.2 Å². The molecule has 5 nitrogen and oxygen atoms in total. The van der Waals surface area contributed by atoms with Gasteiger partial charge in [-0.2, -0.15) is 0 Å². The molecule has 1 atom stereocenters. The lowest BCUT2D eigenvalue weighted by molar-refractivity contribution is 0.0956. The molecule has 8 heteroatoms. The molecule has 0 radical (unpaired) electrons. The molecule has 0 aliphatic carbocycles. The number of hydrogen-bond donors (Lipinski definition) is 2. The molecule has 30 heavy (non-hydrogen) atoms. The number of aromatic nitrogens is 3. The third-order valence-corrected chi connectivity index (χ3v) is 8.07. The van der Waals surface area contributed by atoms with Crippen LogP contribution in [0.15, 0.2) is 65.6 Å². The highest BCUT2D eigenvalue weighted by Crippen LogP contribution is 2.33. The van der Waals surface area contributed by atoms with E-state index in [1.165, 1.54) is 27.2 Å². The van der Waals surface area contributed by atoms with Gasteiger partial charge in [-0.05, 0) is 29.1 Å². The van der Waals surface area contributed by atoms with Crippen molar-refractivity contribution < 1.29 is 4.79 Å². The highest BCUT2D eigenvalue weighted by Gasteiger charge is 2.21. The Labute approximate surface area is 183 Å². The maximum absolute atomic E-state index is 13.0. The quantitative estimate of drug-likeness (QED) is 0.355. The minimum atomic E-state index is -0.0524. The van der Waals surface area contributed by atoms with Gasteiger partial charge in [0.05, 0.1) is 10.4 Å². The van der Waals surface area contributed by atoms with E-state index in [1.807, 2.05) is 28.1 Å². The molecule has 0 bridgehead atoms. The molecule has 0 aliphatic heterocycles. The van der Waals surface area contributed by atoms with Crippen molar-refractivity contribution in [3.8, 4) is 0 Å². The fraction of sp³-hybridized carbons (Fsp3) is 0.0909. The van der Waals surface area contributed by atoms with E-state index >= 15 is 0 Å². The predicted molar refractivity (Wildman–Crippen MR) is 125 cm³/mol. The first-order valence-corrected chi connectivity index (χ1v) is 12.1. The van der Waals surface area contributed by atoms with E-state index in [1.54, 1.807) is 22.7 Å². The molecule has 5 heterocycles. The number of amides is 1. The highest BCUT2D eigenvalue weighted by molar-refractivity contribution is 7.21. The molecule has 148 valence electrons. The average molecular weight is 449 g/mol. The SMILES string of the molecule is O=C(NCC(c1cccs1)c1c[nH]c2ccccc12)c1cc2c(nc3sccn32)s1. The summed E-state index contributed by atoms with van der Waals surface area (Å²) in [5.74, 6) is 0.0443. The summed E-state index contributed by atoms with van der Waals surface area (Å²) in [6.07, 6.45) is 4.06. The van der Waals surface area contributed by atoms with Crippen molar-refractivity contribution in [2.45, 2.75) is 5.92 Å². The van der Waals surface area contributed by atoms with Crippen LogP contribution in [0.2, 0.25) is 0 Å². The molecule has 1 amide bonds. The topological polar surface area (TPSA) is 62.2 Å². The van der Waals surface area contributed by atoms with Crippen LogP contribution >= 0.6 is 34.0 Å². The Morgan fingerprint density at radius 2 is 2.10 bits per heavy atom. The van der Waals surface area contributed by atoms with Gasteiger partial charge in [-0.1, -0.05) is 24.3 Å². The summed E-state index contributed by atoms with van der Waals surface area (Å²) in [5, 5.41) is 8.45. The number of thiophene rings is 2. The van der Waals surface area contributed by atoms with Gasteiger partial charge >= 0.3 is 0 Å². The number of fused-ring (bicyclic) bond motifs is 4. The second-order valence-corrected chi connectivity index (χ2v) is 9.92. The first kappa shape index (κ1) is 17.9. The number of carbonyl (C=O) groups excluding carboxylic acids is 1. The Balaban J connectivity index is 1.30. The lowest BCUT2D eigenvalue weighted by Crippen LogP contribution is -2.28. The van der Waals surface area contributed by atoms with Crippen LogP contribution in [0.1, 0.15) is 26.0 Å². The normalized spacial score (nSPS) is 12.8. The molecule has 0 spiro atoms. The highest BCUT2D eigenvalue weighted by atomic mass is 32.1. The molecule has 0 saturated carbocycles. The first-order chi connectivity index (χ1) is 14.8. The largest absolute Gasteiger partial charge is 0.361 e. The van der Waals surface area contributed by atoms with E-state index in [9.17, 15) is 4.79 Å². The molecule has 5 aromatic heterocycles. The molecule has 0 saturated heterocycles. The monoisotopic (exact) mass is 448 g/mol. The Morgan fingerprint density at radius 3 is 3.00 bits per heavy atom. The second-order valence-electron chi connectivity index (χ2n) is 7.04. The second kappa shape index (κ2) is 7.09. The van der Waals surface area contributed by atoms with Crippen LogP contribution in [0.5, 0.6) is 0 Å². The molecule has 2 N–H and O–H groups in total. The van der Waals surface area contributed by atoms with Gasteiger partial charge in [0.2, 0.25) is 0 Å².